The summed E-state index contributed by atoms with van der Waals surface area (Å²) in [5.41, 5.74) is 1.75. The van der Waals surface area contributed by atoms with Crippen molar-refractivity contribution in [1.29, 1.82) is 0 Å². The number of hydrogen-bond donors (Lipinski definition) is 0. The van der Waals surface area contributed by atoms with Crippen molar-refractivity contribution in [1.82, 2.24) is 4.90 Å². The second-order valence-corrected chi connectivity index (χ2v) is 5.27. The van der Waals surface area contributed by atoms with Crippen molar-refractivity contribution in [3.63, 3.8) is 0 Å². The van der Waals surface area contributed by atoms with Crippen molar-refractivity contribution in [3.05, 3.63) is 35.9 Å². The van der Waals surface area contributed by atoms with Crippen LogP contribution in [0.5, 0.6) is 5.75 Å². The molecule has 0 saturated heterocycles. The number of benzene rings is 1. The molecule has 1 atom stereocenters. The molecule has 105 valence electrons. The molecule has 2 rings (SSSR count). The molecule has 1 heterocycles. The Kier molecular flexibility index (Phi) is 7.37. The summed E-state index contributed by atoms with van der Waals surface area (Å²) >= 11 is 3.33. The first-order valence-corrected chi connectivity index (χ1v) is 6.79. The summed E-state index contributed by atoms with van der Waals surface area (Å²) in [6, 6.07) is 7.51. The van der Waals surface area contributed by atoms with Crippen molar-refractivity contribution >= 4 is 27.5 Å². The van der Waals surface area contributed by atoms with E-state index in [9.17, 15) is 4.79 Å². The van der Waals surface area contributed by atoms with Gasteiger partial charge in [-0.2, -0.15) is 5.56 Å². The number of methoxy groups -OCH3 is 1. The molecule has 1 aliphatic rings. The minimum Gasteiger partial charge on any atom is -0.468 e. The number of amides is 1. The zero-order valence-electron chi connectivity index (χ0n) is 11.4. The molecule has 0 aromatic heterocycles. The average Bonchev–Trinajstić information content (AvgIpc) is 2.44. The van der Waals surface area contributed by atoms with E-state index in [0.717, 1.165) is 17.0 Å². The Morgan fingerprint density at radius 1 is 1.40 bits per heavy atom. The first kappa shape index (κ1) is 17.8. The first-order valence-electron chi connectivity index (χ1n) is 5.88. The summed E-state index contributed by atoms with van der Waals surface area (Å²) < 4.78 is 10.2. The van der Waals surface area contributed by atoms with Crippen LogP contribution in [0.1, 0.15) is 12.0 Å². The molecule has 1 aromatic rings. The molecule has 6 heteroatoms. The van der Waals surface area contributed by atoms with Crippen LogP contribution in [0.25, 0.3) is 5.70 Å². The van der Waals surface area contributed by atoms with Crippen molar-refractivity contribution in [2.24, 2.45) is 0 Å². The molecule has 1 aromatic carbocycles. The van der Waals surface area contributed by atoms with Gasteiger partial charge in [0.25, 0.3) is 0 Å². The zero-order chi connectivity index (χ0) is 13.8. The van der Waals surface area contributed by atoms with Crippen LogP contribution in [0.3, 0.4) is 0 Å². The molecular weight excluding hydrogens is 399 g/mol. The van der Waals surface area contributed by atoms with Gasteiger partial charge < -0.3 is 14.4 Å². The van der Waals surface area contributed by atoms with Gasteiger partial charge in [-0.05, 0) is 12.1 Å². The Labute approximate surface area is 152 Å². The van der Waals surface area contributed by atoms with Crippen LogP contribution >= 0.6 is 15.9 Å². The van der Waals surface area contributed by atoms with E-state index in [2.05, 4.69) is 22.0 Å². The molecule has 0 spiro atoms. The topological polar surface area (TPSA) is 38.8 Å². The minimum atomic E-state index is -0.175. The van der Waals surface area contributed by atoms with E-state index in [-0.39, 0.29) is 50.2 Å². The molecule has 0 aliphatic carbocycles. The summed E-state index contributed by atoms with van der Waals surface area (Å²) in [4.78, 5) is 13.3. The van der Waals surface area contributed by atoms with Gasteiger partial charge in [-0.25, -0.2) is 6.08 Å². The van der Waals surface area contributed by atoms with Crippen molar-refractivity contribution in [2.45, 2.75) is 11.2 Å². The van der Waals surface area contributed by atoms with Gasteiger partial charge in [0.15, 0.2) is 6.79 Å². The van der Waals surface area contributed by atoms with E-state index in [0.29, 0.717) is 6.42 Å². The third-order valence-electron chi connectivity index (χ3n) is 2.85. The van der Waals surface area contributed by atoms with Crippen LogP contribution in [0, 0.1) is 6.08 Å². The molecule has 0 N–H and O–H groups in total. The predicted molar refractivity (Wildman–Crippen MR) is 75.7 cm³/mol. The summed E-state index contributed by atoms with van der Waals surface area (Å²) in [5, 5.41) is 0. The van der Waals surface area contributed by atoms with Crippen LogP contribution < -0.4 is 4.74 Å². The van der Waals surface area contributed by atoms with Crippen LogP contribution in [-0.4, -0.2) is 36.6 Å². The third kappa shape index (κ3) is 4.14. The van der Waals surface area contributed by atoms with Gasteiger partial charge in [0.05, 0.1) is 4.83 Å². The van der Waals surface area contributed by atoms with Crippen LogP contribution in [-0.2, 0) is 42.2 Å². The molecule has 1 unspecified atom stereocenters. The quantitative estimate of drug-likeness (QED) is 0.432. The molecule has 0 fully saturated rings. The molecule has 0 saturated carbocycles. The number of ether oxygens (including phenoxy) is 2. The SMILES string of the molecule is COCOc1ccc(C2=[C-]CC(Br)C(=O)N2C)cc1.[Y]. The monoisotopic (exact) mass is 413 g/mol. The van der Waals surface area contributed by atoms with Crippen molar-refractivity contribution in [3.8, 4) is 5.75 Å². The molecule has 1 amide bonds. The Hall–Kier alpha value is -0.226. The van der Waals surface area contributed by atoms with Crippen molar-refractivity contribution < 1.29 is 47.0 Å². The maximum absolute atomic E-state index is 11.9. The van der Waals surface area contributed by atoms with E-state index in [1.165, 1.54) is 0 Å². The standard InChI is InChI=1S/C14H15BrNO3.Y/c1-16-13(8-7-12(15)14(16)17)10-3-5-11(6-4-10)19-9-18-2;/h3-6,12H,7,9H2,1-2H3;/q-1;. The number of nitrogens with zero attached hydrogens (tertiary/aromatic N) is 1. The fraction of sp³-hybridized carbons (Fsp3) is 0.357. The van der Waals surface area contributed by atoms with Gasteiger partial charge in [0.2, 0.25) is 5.91 Å². The van der Waals surface area contributed by atoms with Gasteiger partial charge in [-0.15, -0.1) is 17.8 Å². The first-order chi connectivity index (χ1) is 9.13. The Bertz CT molecular complexity index is 490. The third-order valence-corrected chi connectivity index (χ3v) is 3.57. The summed E-state index contributed by atoms with van der Waals surface area (Å²) in [7, 11) is 3.33. The Balaban J connectivity index is 0.00000200. The van der Waals surface area contributed by atoms with E-state index >= 15 is 0 Å². The van der Waals surface area contributed by atoms with E-state index in [4.69, 9.17) is 9.47 Å². The van der Waals surface area contributed by atoms with Crippen LogP contribution in [0.15, 0.2) is 24.3 Å². The smallest absolute Gasteiger partial charge is 0.236 e. The number of carbonyl (C=O) groups is 1. The summed E-state index contributed by atoms with van der Waals surface area (Å²) in [6.07, 6.45) is 3.82. The van der Waals surface area contributed by atoms with Gasteiger partial charge in [-0.3, -0.25) is 4.79 Å². The predicted octanol–water partition coefficient (Wildman–Crippen LogP) is 2.44. The maximum atomic E-state index is 11.9. The van der Waals surface area contributed by atoms with Gasteiger partial charge >= 0.3 is 0 Å². The molecule has 4 nitrogen and oxygen atoms in total. The molecule has 1 aliphatic heterocycles. The molecule has 1 radical (unpaired) electrons. The Morgan fingerprint density at radius 3 is 2.65 bits per heavy atom. The second kappa shape index (κ2) is 8.27. The number of rotatable bonds is 4. The number of carbonyl (C=O) groups excluding carboxylic acids is 1. The van der Waals surface area contributed by atoms with E-state index in [1.54, 1.807) is 19.1 Å². The number of allylic oxidation sites excluding steroid dienone is 1. The molecular formula is C14H15BrNO3Y-. The molecule has 0 bridgehead atoms. The fourth-order valence-electron chi connectivity index (χ4n) is 1.84. The largest absolute Gasteiger partial charge is 0.468 e. The second-order valence-electron chi connectivity index (χ2n) is 4.17. The molecule has 20 heavy (non-hydrogen) atoms. The van der Waals surface area contributed by atoms with Gasteiger partial charge in [0.1, 0.15) is 5.75 Å². The zero-order valence-corrected chi connectivity index (χ0v) is 15.9. The number of halogens is 1. The van der Waals surface area contributed by atoms with Gasteiger partial charge in [-0.1, -0.05) is 22.4 Å². The van der Waals surface area contributed by atoms with E-state index in [1.807, 2.05) is 24.3 Å². The number of hydrogen-bond acceptors (Lipinski definition) is 3. The minimum absolute atomic E-state index is 0. The van der Waals surface area contributed by atoms with Crippen LogP contribution in [0.2, 0.25) is 0 Å². The van der Waals surface area contributed by atoms with Gasteiger partial charge in [0, 0.05) is 46.9 Å². The summed E-state index contributed by atoms with van der Waals surface area (Å²) in [6.45, 7) is 0.220. The van der Waals surface area contributed by atoms with E-state index < -0.39 is 0 Å². The number of alkyl halides is 1. The van der Waals surface area contributed by atoms with Crippen LogP contribution in [0.4, 0.5) is 0 Å². The fourth-order valence-corrected chi connectivity index (χ4v) is 2.31. The average molecular weight is 414 g/mol. The van der Waals surface area contributed by atoms with Crippen molar-refractivity contribution in [2.75, 3.05) is 21.0 Å². The summed E-state index contributed by atoms with van der Waals surface area (Å²) in [5.74, 6) is 0.780. The Morgan fingerprint density at radius 2 is 2.05 bits per heavy atom. The maximum Gasteiger partial charge on any atom is 0.236 e. The normalized spacial score (nSPS) is 18.4.